The number of aromatic nitrogens is 1. The van der Waals surface area contributed by atoms with E-state index in [1.54, 1.807) is 0 Å². The number of nitrogens with one attached hydrogen (secondary N) is 1. The van der Waals surface area contributed by atoms with Crippen LogP contribution in [-0.4, -0.2) is 15.3 Å². The van der Waals surface area contributed by atoms with Crippen LogP contribution in [-0.2, 0) is 5.75 Å². The first-order valence-electron chi connectivity index (χ1n) is 5.78. The normalized spacial score (nSPS) is 17.3. The van der Waals surface area contributed by atoms with Gasteiger partial charge >= 0.3 is 0 Å². The standard InChI is InChI=1S/C12H11ClN4OS2/c13-7-3-1-2-6(4-7)5-19-12-16-9-8(10(18)17-12)20-11(14)15-9/h1-4,10,18H,5H2,(H2,14,15)(H,16,17). The lowest BCUT2D eigenvalue weighted by Gasteiger charge is -2.16. The van der Waals surface area contributed by atoms with Gasteiger partial charge in [0, 0.05) is 10.8 Å². The van der Waals surface area contributed by atoms with Crippen molar-refractivity contribution in [1.29, 1.82) is 0 Å². The lowest BCUT2D eigenvalue weighted by molar-refractivity contribution is 0.192. The van der Waals surface area contributed by atoms with Crippen LogP contribution in [0.3, 0.4) is 0 Å². The molecule has 1 aliphatic heterocycles. The number of thiazole rings is 1. The molecule has 5 nitrogen and oxygen atoms in total. The van der Waals surface area contributed by atoms with Crippen molar-refractivity contribution in [3.63, 3.8) is 0 Å². The average molecular weight is 327 g/mol. The second-order valence-corrected chi connectivity index (χ2v) is 6.58. The molecule has 20 heavy (non-hydrogen) atoms. The first-order chi connectivity index (χ1) is 9.61. The Balaban J connectivity index is 1.70. The van der Waals surface area contributed by atoms with E-state index < -0.39 is 6.23 Å². The molecule has 0 saturated heterocycles. The minimum atomic E-state index is -0.900. The van der Waals surface area contributed by atoms with Gasteiger partial charge in [-0.05, 0) is 17.7 Å². The molecular weight excluding hydrogens is 316 g/mol. The first-order valence-corrected chi connectivity index (χ1v) is 7.96. The molecule has 2 heterocycles. The van der Waals surface area contributed by atoms with Crippen LogP contribution < -0.4 is 11.1 Å². The summed E-state index contributed by atoms with van der Waals surface area (Å²) in [6.45, 7) is 0. The van der Waals surface area contributed by atoms with Crippen molar-refractivity contribution in [2.24, 2.45) is 4.99 Å². The SMILES string of the molecule is Nc1nc2c(s1)C(O)N=C(SCc1cccc(Cl)c1)N2. The monoisotopic (exact) mass is 326 g/mol. The Kier molecular flexibility index (Phi) is 3.84. The number of nitrogens with two attached hydrogens (primary N) is 1. The Hall–Kier alpha value is -1.28. The number of nitrogen functional groups attached to an aromatic ring is 1. The number of anilines is 2. The third-order valence-corrected chi connectivity index (χ3v) is 4.75. The second kappa shape index (κ2) is 5.61. The highest BCUT2D eigenvalue weighted by Gasteiger charge is 2.23. The predicted molar refractivity (Wildman–Crippen MR) is 85.3 cm³/mol. The number of amidine groups is 1. The Morgan fingerprint density at radius 3 is 3.15 bits per heavy atom. The molecule has 0 spiro atoms. The van der Waals surface area contributed by atoms with Crippen molar-refractivity contribution in [3.05, 3.63) is 39.7 Å². The highest BCUT2D eigenvalue weighted by atomic mass is 35.5. The molecule has 1 aromatic carbocycles. The van der Waals surface area contributed by atoms with Gasteiger partial charge in [-0.2, -0.15) is 0 Å². The molecule has 0 fully saturated rings. The zero-order valence-corrected chi connectivity index (χ0v) is 12.6. The van der Waals surface area contributed by atoms with Gasteiger partial charge in [-0.3, -0.25) is 0 Å². The van der Waals surface area contributed by atoms with Crippen LogP contribution in [0.5, 0.6) is 0 Å². The maximum atomic E-state index is 9.94. The Morgan fingerprint density at radius 1 is 1.50 bits per heavy atom. The van der Waals surface area contributed by atoms with E-state index in [-0.39, 0.29) is 0 Å². The van der Waals surface area contributed by atoms with Crippen molar-refractivity contribution >= 4 is 50.8 Å². The summed E-state index contributed by atoms with van der Waals surface area (Å²) < 4.78 is 0. The highest BCUT2D eigenvalue weighted by Crippen LogP contribution is 2.36. The van der Waals surface area contributed by atoms with E-state index in [9.17, 15) is 5.11 Å². The van der Waals surface area contributed by atoms with E-state index in [0.717, 1.165) is 5.56 Å². The first kappa shape index (κ1) is 13.7. The van der Waals surface area contributed by atoms with Crippen molar-refractivity contribution in [3.8, 4) is 0 Å². The summed E-state index contributed by atoms with van der Waals surface area (Å²) in [4.78, 5) is 8.96. The molecule has 3 rings (SSSR count). The van der Waals surface area contributed by atoms with E-state index in [0.29, 0.717) is 31.8 Å². The quantitative estimate of drug-likeness (QED) is 0.790. The minimum absolute atomic E-state index is 0.415. The molecule has 1 atom stereocenters. The number of thioether (sulfide) groups is 1. The Labute approximate surface area is 128 Å². The van der Waals surface area contributed by atoms with E-state index in [1.165, 1.54) is 23.1 Å². The van der Waals surface area contributed by atoms with Crippen molar-refractivity contribution < 1.29 is 5.11 Å². The molecule has 8 heteroatoms. The van der Waals surface area contributed by atoms with Gasteiger partial charge in [0.05, 0.1) is 0 Å². The number of rotatable bonds is 2. The maximum Gasteiger partial charge on any atom is 0.187 e. The number of aliphatic imine (C=N–C) groups is 1. The predicted octanol–water partition coefficient (Wildman–Crippen LogP) is 3.08. The fourth-order valence-corrected chi connectivity index (χ4v) is 3.52. The third-order valence-electron chi connectivity index (χ3n) is 2.63. The summed E-state index contributed by atoms with van der Waals surface area (Å²) in [6.07, 6.45) is -0.900. The van der Waals surface area contributed by atoms with Gasteiger partial charge in [-0.25, -0.2) is 9.98 Å². The zero-order chi connectivity index (χ0) is 14.1. The smallest absolute Gasteiger partial charge is 0.187 e. The molecule has 2 aromatic rings. The maximum absolute atomic E-state index is 9.94. The van der Waals surface area contributed by atoms with Gasteiger partial charge < -0.3 is 16.2 Å². The van der Waals surface area contributed by atoms with E-state index in [1.807, 2.05) is 24.3 Å². The number of halogens is 1. The van der Waals surface area contributed by atoms with Crippen molar-refractivity contribution in [2.75, 3.05) is 11.1 Å². The number of benzene rings is 1. The molecule has 1 unspecified atom stereocenters. The molecule has 0 saturated carbocycles. The molecule has 0 amide bonds. The fraction of sp³-hybridized carbons (Fsp3) is 0.167. The van der Waals surface area contributed by atoms with Gasteiger partial charge in [0.25, 0.3) is 0 Å². The number of hydrogen-bond acceptors (Lipinski definition) is 7. The van der Waals surface area contributed by atoms with Gasteiger partial charge in [0.1, 0.15) is 4.88 Å². The number of fused-ring (bicyclic) bond motifs is 1. The van der Waals surface area contributed by atoms with Crippen LogP contribution in [0, 0.1) is 0 Å². The summed E-state index contributed by atoms with van der Waals surface area (Å²) in [5.41, 5.74) is 6.72. The average Bonchev–Trinajstić information content (AvgIpc) is 2.78. The summed E-state index contributed by atoms with van der Waals surface area (Å²) in [6, 6.07) is 7.63. The van der Waals surface area contributed by atoms with E-state index in [4.69, 9.17) is 17.3 Å². The number of hydrogen-bond donors (Lipinski definition) is 3. The fourth-order valence-electron chi connectivity index (χ4n) is 1.77. The lowest BCUT2D eigenvalue weighted by Crippen LogP contribution is -2.17. The van der Waals surface area contributed by atoms with Gasteiger partial charge in [0.2, 0.25) is 0 Å². The van der Waals surface area contributed by atoms with Gasteiger partial charge in [0.15, 0.2) is 22.3 Å². The summed E-state index contributed by atoms with van der Waals surface area (Å²) in [5.74, 6) is 1.29. The third kappa shape index (κ3) is 2.90. The second-order valence-electron chi connectivity index (χ2n) is 4.12. The van der Waals surface area contributed by atoms with Gasteiger partial charge in [-0.15, -0.1) is 0 Å². The van der Waals surface area contributed by atoms with Crippen LogP contribution in [0.15, 0.2) is 29.3 Å². The van der Waals surface area contributed by atoms with Crippen LogP contribution in [0.4, 0.5) is 10.9 Å². The number of nitrogens with zero attached hydrogens (tertiary/aromatic N) is 2. The van der Waals surface area contributed by atoms with E-state index in [2.05, 4.69) is 15.3 Å². The largest absolute Gasteiger partial charge is 0.375 e. The Morgan fingerprint density at radius 2 is 2.35 bits per heavy atom. The number of aliphatic hydroxyl groups excluding tert-OH is 1. The van der Waals surface area contributed by atoms with Gasteiger partial charge in [-0.1, -0.05) is 46.8 Å². The topological polar surface area (TPSA) is 83.5 Å². The summed E-state index contributed by atoms with van der Waals surface area (Å²) >= 11 is 8.66. The minimum Gasteiger partial charge on any atom is -0.375 e. The van der Waals surface area contributed by atoms with Crippen LogP contribution in [0.1, 0.15) is 16.7 Å². The van der Waals surface area contributed by atoms with Crippen LogP contribution in [0.2, 0.25) is 5.02 Å². The Bertz CT molecular complexity index is 673. The van der Waals surface area contributed by atoms with Crippen molar-refractivity contribution in [1.82, 2.24) is 4.98 Å². The van der Waals surface area contributed by atoms with Crippen molar-refractivity contribution in [2.45, 2.75) is 12.0 Å². The highest BCUT2D eigenvalue weighted by molar-refractivity contribution is 8.13. The molecule has 0 radical (unpaired) electrons. The molecule has 104 valence electrons. The lowest BCUT2D eigenvalue weighted by atomic mass is 10.2. The molecule has 0 aliphatic carbocycles. The molecule has 1 aliphatic rings. The molecule has 0 bridgehead atoms. The molecular formula is C12H11ClN4OS2. The number of aliphatic hydroxyl groups is 1. The molecule has 1 aromatic heterocycles. The summed E-state index contributed by atoms with van der Waals surface area (Å²) in [5, 5.41) is 14.8. The van der Waals surface area contributed by atoms with Crippen LogP contribution in [0.25, 0.3) is 0 Å². The summed E-state index contributed by atoms with van der Waals surface area (Å²) in [7, 11) is 0. The van der Waals surface area contributed by atoms with E-state index >= 15 is 0 Å². The zero-order valence-electron chi connectivity index (χ0n) is 10.2. The van der Waals surface area contributed by atoms with Crippen LogP contribution >= 0.6 is 34.7 Å². The molecule has 4 N–H and O–H groups in total.